The van der Waals surface area contributed by atoms with Crippen molar-refractivity contribution in [2.45, 2.75) is 40.6 Å². The van der Waals surface area contributed by atoms with Crippen molar-refractivity contribution in [1.29, 1.82) is 0 Å². The number of alkyl halides is 1. The van der Waals surface area contributed by atoms with Crippen LogP contribution in [-0.2, 0) is 20.8 Å². The van der Waals surface area contributed by atoms with Crippen LogP contribution in [0.3, 0.4) is 0 Å². The highest BCUT2D eigenvalue weighted by atomic mass is 79.9. The van der Waals surface area contributed by atoms with Gasteiger partial charge in [-0.2, -0.15) is 0 Å². The Hall–Kier alpha value is -1.84. The lowest BCUT2D eigenvalue weighted by Crippen LogP contribution is -2.46. The van der Waals surface area contributed by atoms with Gasteiger partial charge in [0.05, 0.1) is 26.6 Å². The van der Waals surface area contributed by atoms with E-state index in [4.69, 9.17) is 0 Å². The van der Waals surface area contributed by atoms with Crippen LogP contribution in [0.1, 0.15) is 22.8 Å². The normalized spacial score (nSPS) is 15.6. The minimum atomic E-state index is -3.90. The molecule has 0 fully saturated rings. The van der Waals surface area contributed by atoms with Gasteiger partial charge in [-0.25, -0.2) is 13.1 Å². The Labute approximate surface area is 200 Å². The molecule has 5 nitrogen and oxygen atoms in total. The Morgan fingerprint density at radius 2 is 1.44 bits per heavy atom. The first kappa shape index (κ1) is 24.8. The number of sulfonamides is 1. The zero-order valence-corrected chi connectivity index (χ0v) is 21.0. The fraction of sp³-hybridized carbons (Fsp3) is 0.250. The summed E-state index contributed by atoms with van der Waals surface area (Å²) < 4.78 is 41.9. The topological polar surface area (TPSA) is 83.5 Å². The molecular weight excluding hydrogens is 510 g/mol. The predicted molar refractivity (Wildman–Crippen MR) is 132 cm³/mol. The van der Waals surface area contributed by atoms with Gasteiger partial charge < -0.3 is 5.11 Å². The second-order valence-corrected chi connectivity index (χ2v) is 11.9. The largest absolute Gasteiger partial charge is 0.387 e. The van der Waals surface area contributed by atoms with Crippen molar-refractivity contribution in [1.82, 2.24) is 4.72 Å². The minimum absolute atomic E-state index is 0.00599. The van der Waals surface area contributed by atoms with Gasteiger partial charge in [0.25, 0.3) is 0 Å². The third kappa shape index (κ3) is 6.36. The number of nitrogens with one attached hydrogen (secondary N) is 1. The summed E-state index contributed by atoms with van der Waals surface area (Å²) >= 11 is 3.48. The molecule has 0 bridgehead atoms. The molecular formula is C24H26BrNO4S2. The highest BCUT2D eigenvalue weighted by Gasteiger charge is 2.32. The molecule has 0 aliphatic heterocycles. The van der Waals surface area contributed by atoms with Gasteiger partial charge in [-0.1, -0.05) is 81.7 Å². The minimum Gasteiger partial charge on any atom is -0.387 e. The van der Waals surface area contributed by atoms with Crippen LogP contribution >= 0.6 is 15.9 Å². The molecule has 8 heteroatoms. The maximum Gasteiger partial charge on any atom is 0.240 e. The molecule has 4 unspecified atom stereocenters. The Morgan fingerprint density at radius 3 is 2.00 bits per heavy atom. The van der Waals surface area contributed by atoms with Crippen LogP contribution in [0.5, 0.6) is 0 Å². The van der Waals surface area contributed by atoms with E-state index in [0.717, 1.165) is 11.1 Å². The Balaban J connectivity index is 1.89. The van der Waals surface area contributed by atoms with E-state index < -0.39 is 37.8 Å². The van der Waals surface area contributed by atoms with Crippen molar-refractivity contribution in [2.75, 3.05) is 5.75 Å². The molecule has 3 aromatic carbocycles. The van der Waals surface area contributed by atoms with Crippen LogP contribution in [0.2, 0.25) is 0 Å². The molecule has 3 aromatic rings. The summed E-state index contributed by atoms with van der Waals surface area (Å²) in [7, 11) is -5.38. The Morgan fingerprint density at radius 1 is 0.906 bits per heavy atom. The first-order valence-electron chi connectivity index (χ1n) is 10.1. The Kier molecular flexibility index (Phi) is 8.41. The molecule has 0 saturated heterocycles. The highest BCUT2D eigenvalue weighted by Crippen LogP contribution is 2.27. The van der Waals surface area contributed by atoms with Crippen LogP contribution in [0.15, 0.2) is 88.7 Å². The molecule has 0 heterocycles. The number of benzene rings is 3. The fourth-order valence-electron chi connectivity index (χ4n) is 3.18. The first-order valence-corrected chi connectivity index (χ1v) is 13.8. The molecule has 0 spiro atoms. The molecule has 0 amide bonds. The smallest absolute Gasteiger partial charge is 0.240 e. The monoisotopic (exact) mass is 535 g/mol. The van der Waals surface area contributed by atoms with Crippen LogP contribution in [0, 0.1) is 13.8 Å². The molecule has 4 atom stereocenters. The second-order valence-electron chi connectivity index (χ2n) is 7.67. The van der Waals surface area contributed by atoms with E-state index in [1.807, 2.05) is 32.0 Å². The van der Waals surface area contributed by atoms with Crippen molar-refractivity contribution in [2.24, 2.45) is 0 Å². The van der Waals surface area contributed by atoms with E-state index in [1.54, 1.807) is 48.5 Å². The van der Waals surface area contributed by atoms with Crippen molar-refractivity contribution >= 4 is 36.8 Å². The van der Waals surface area contributed by atoms with Crippen molar-refractivity contribution < 1.29 is 17.7 Å². The predicted octanol–water partition coefficient (Wildman–Crippen LogP) is 4.26. The standard InChI is InChI=1S/C24H26BrNO4S2/c1-17-8-12-20(13-9-17)31(28)16-22(23(25)24(27)19-6-4-3-5-7-19)26-32(29,30)21-14-10-18(2)11-15-21/h3-15,22-24,26-27H,16H2,1-2H3. The zero-order chi connectivity index (χ0) is 23.3. The first-order chi connectivity index (χ1) is 15.2. The van der Waals surface area contributed by atoms with Gasteiger partial charge in [0, 0.05) is 16.7 Å². The van der Waals surface area contributed by atoms with E-state index in [2.05, 4.69) is 20.7 Å². The van der Waals surface area contributed by atoms with Gasteiger partial charge in [0.2, 0.25) is 10.0 Å². The number of hydrogen-bond donors (Lipinski definition) is 2. The maximum atomic E-state index is 13.1. The number of halogens is 1. The van der Waals surface area contributed by atoms with Crippen molar-refractivity contribution in [3.8, 4) is 0 Å². The fourth-order valence-corrected chi connectivity index (χ4v) is 6.84. The van der Waals surface area contributed by atoms with Crippen molar-refractivity contribution in [3.63, 3.8) is 0 Å². The van der Waals surface area contributed by atoms with E-state index in [1.165, 1.54) is 12.1 Å². The maximum absolute atomic E-state index is 13.1. The average Bonchev–Trinajstić information content (AvgIpc) is 2.78. The summed E-state index contributed by atoms with van der Waals surface area (Å²) in [4.78, 5) is 0.00618. The van der Waals surface area contributed by atoms with E-state index in [9.17, 15) is 17.7 Å². The molecule has 0 aliphatic rings. The highest BCUT2D eigenvalue weighted by molar-refractivity contribution is 9.09. The number of hydrogen-bond acceptors (Lipinski definition) is 4. The third-order valence-electron chi connectivity index (χ3n) is 5.08. The number of rotatable bonds is 9. The lowest BCUT2D eigenvalue weighted by Gasteiger charge is -2.27. The summed E-state index contributed by atoms with van der Waals surface area (Å²) in [6.45, 7) is 3.82. The summed E-state index contributed by atoms with van der Waals surface area (Å²) in [6, 6.07) is 21.9. The molecule has 2 N–H and O–H groups in total. The second kappa shape index (κ2) is 10.9. The lowest BCUT2D eigenvalue weighted by atomic mass is 10.0. The van der Waals surface area contributed by atoms with Gasteiger partial charge >= 0.3 is 0 Å². The summed E-state index contributed by atoms with van der Waals surface area (Å²) in [5, 5.41) is 10.9. The quantitative estimate of drug-likeness (QED) is 0.401. The molecule has 32 heavy (non-hydrogen) atoms. The molecule has 170 valence electrons. The number of aliphatic hydroxyl groups excluding tert-OH is 1. The molecule has 0 aliphatic carbocycles. The number of aryl methyl sites for hydroxylation is 2. The lowest BCUT2D eigenvalue weighted by molar-refractivity contribution is 0.167. The molecule has 3 rings (SSSR count). The van der Waals surface area contributed by atoms with Gasteiger partial charge in [0.1, 0.15) is 0 Å². The van der Waals surface area contributed by atoms with Crippen LogP contribution in [0.25, 0.3) is 0 Å². The Bertz CT molecular complexity index is 1150. The van der Waals surface area contributed by atoms with Gasteiger partial charge in [-0.05, 0) is 43.7 Å². The zero-order valence-electron chi connectivity index (χ0n) is 17.8. The van der Waals surface area contributed by atoms with Gasteiger partial charge in [-0.3, -0.25) is 4.21 Å². The number of aliphatic hydroxyl groups is 1. The summed E-state index contributed by atoms with van der Waals surface area (Å²) in [5.74, 6) is -0.00599. The average molecular weight is 537 g/mol. The van der Waals surface area contributed by atoms with Gasteiger partial charge in [0.15, 0.2) is 0 Å². The molecule has 0 aromatic heterocycles. The van der Waals surface area contributed by atoms with Crippen LogP contribution < -0.4 is 4.72 Å². The summed E-state index contributed by atoms with van der Waals surface area (Å²) in [6.07, 6.45) is -1.00. The SMILES string of the molecule is Cc1ccc(S(=O)CC(NS(=O)(=O)c2ccc(C)cc2)C(Br)C(O)c2ccccc2)cc1. The molecule has 0 saturated carbocycles. The van der Waals surface area contributed by atoms with Crippen LogP contribution in [-0.4, -0.2) is 34.4 Å². The summed E-state index contributed by atoms with van der Waals surface area (Å²) in [5.41, 5.74) is 2.62. The van der Waals surface area contributed by atoms with E-state index >= 15 is 0 Å². The van der Waals surface area contributed by atoms with Crippen molar-refractivity contribution in [3.05, 3.63) is 95.6 Å². The van der Waals surface area contributed by atoms with Crippen LogP contribution in [0.4, 0.5) is 0 Å². The third-order valence-corrected chi connectivity index (χ3v) is 9.18. The van der Waals surface area contributed by atoms with E-state index in [-0.39, 0.29) is 10.6 Å². The van der Waals surface area contributed by atoms with E-state index in [0.29, 0.717) is 10.5 Å². The van der Waals surface area contributed by atoms with Gasteiger partial charge in [-0.15, -0.1) is 0 Å². The molecule has 0 radical (unpaired) electrons.